The highest BCUT2D eigenvalue weighted by atomic mass is 16.2. The fourth-order valence-electron chi connectivity index (χ4n) is 5.17. The fraction of sp³-hybridized carbons (Fsp3) is 0.417. The Hall–Kier alpha value is -2.66. The molecule has 3 heterocycles. The van der Waals surface area contributed by atoms with Gasteiger partial charge in [0, 0.05) is 45.3 Å². The highest BCUT2D eigenvalue weighted by molar-refractivity contribution is 5.86. The highest BCUT2D eigenvalue weighted by Crippen LogP contribution is 2.35. The molecule has 1 amide bonds. The number of fused-ring (bicyclic) bond motifs is 1. The topological polar surface area (TPSA) is 50.2 Å². The predicted molar refractivity (Wildman–Crippen MR) is 115 cm³/mol. The summed E-state index contributed by atoms with van der Waals surface area (Å²) in [5.74, 6) is 1.08. The standard InChI is InChI=1S/C24H28N4O/c1-27-16-19(13-26-27)22-14-25-15-23(22)24(29)28-11-9-18(10-12-28)21-8-4-6-17-5-2-3-7-20(17)21/h2-8,13,16,18,22-23,25H,9-12,14-15H2,1H3/t22-,23+/m1/s1. The summed E-state index contributed by atoms with van der Waals surface area (Å²) in [5, 5.41) is 10.4. The monoisotopic (exact) mass is 388 g/mol. The quantitative estimate of drug-likeness (QED) is 0.749. The van der Waals surface area contributed by atoms with Crippen LogP contribution < -0.4 is 5.32 Å². The molecular formula is C24H28N4O. The Labute approximate surface area is 171 Å². The predicted octanol–water partition coefficient (Wildman–Crippen LogP) is 3.28. The van der Waals surface area contributed by atoms with E-state index in [-0.39, 0.29) is 11.8 Å². The third kappa shape index (κ3) is 3.44. The van der Waals surface area contributed by atoms with E-state index in [9.17, 15) is 4.79 Å². The second kappa shape index (κ2) is 7.64. The molecule has 0 saturated carbocycles. The first-order valence-corrected chi connectivity index (χ1v) is 10.7. The number of nitrogens with one attached hydrogen (secondary N) is 1. The van der Waals surface area contributed by atoms with Gasteiger partial charge in [0.1, 0.15) is 0 Å². The van der Waals surface area contributed by atoms with Gasteiger partial charge in [-0.2, -0.15) is 5.10 Å². The maximum atomic E-state index is 13.3. The number of aryl methyl sites for hydroxylation is 1. The van der Waals surface area contributed by atoms with Gasteiger partial charge in [-0.15, -0.1) is 0 Å². The molecule has 1 N–H and O–H groups in total. The van der Waals surface area contributed by atoms with Gasteiger partial charge >= 0.3 is 0 Å². The molecule has 150 valence electrons. The van der Waals surface area contributed by atoms with Crippen molar-refractivity contribution in [3.63, 3.8) is 0 Å². The van der Waals surface area contributed by atoms with Gasteiger partial charge in [0.2, 0.25) is 5.91 Å². The van der Waals surface area contributed by atoms with Gasteiger partial charge in [-0.25, -0.2) is 0 Å². The largest absolute Gasteiger partial charge is 0.342 e. The first-order chi connectivity index (χ1) is 14.2. The van der Waals surface area contributed by atoms with Crippen LogP contribution >= 0.6 is 0 Å². The van der Waals surface area contributed by atoms with Gasteiger partial charge in [-0.1, -0.05) is 42.5 Å². The minimum atomic E-state index is 0.0216. The number of hydrogen-bond acceptors (Lipinski definition) is 3. The second-order valence-corrected chi connectivity index (χ2v) is 8.49. The average Bonchev–Trinajstić information content (AvgIpc) is 3.42. The van der Waals surface area contributed by atoms with Crippen LogP contribution in [0.2, 0.25) is 0 Å². The summed E-state index contributed by atoms with van der Waals surface area (Å²) < 4.78 is 1.82. The maximum absolute atomic E-state index is 13.3. The number of rotatable bonds is 3. The number of benzene rings is 2. The molecule has 2 fully saturated rings. The van der Waals surface area contributed by atoms with E-state index >= 15 is 0 Å². The first-order valence-electron chi connectivity index (χ1n) is 10.7. The molecule has 0 unspecified atom stereocenters. The van der Waals surface area contributed by atoms with Crippen LogP contribution in [0.1, 0.15) is 35.8 Å². The van der Waals surface area contributed by atoms with Crippen LogP contribution in [0.25, 0.3) is 10.8 Å². The minimum Gasteiger partial charge on any atom is -0.342 e. The van der Waals surface area contributed by atoms with Crippen molar-refractivity contribution >= 4 is 16.7 Å². The molecule has 2 aromatic carbocycles. The number of nitrogens with zero attached hydrogens (tertiary/aromatic N) is 3. The molecule has 29 heavy (non-hydrogen) atoms. The lowest BCUT2D eigenvalue weighted by Gasteiger charge is -2.35. The molecule has 0 radical (unpaired) electrons. The Morgan fingerprint density at radius 1 is 1.07 bits per heavy atom. The molecule has 2 saturated heterocycles. The molecule has 5 rings (SSSR count). The van der Waals surface area contributed by atoms with Crippen LogP contribution in [0, 0.1) is 5.92 Å². The maximum Gasteiger partial charge on any atom is 0.227 e. The zero-order valence-corrected chi connectivity index (χ0v) is 16.9. The molecule has 2 aliphatic rings. The molecular weight excluding hydrogens is 360 g/mol. The van der Waals surface area contributed by atoms with Crippen molar-refractivity contribution in [2.45, 2.75) is 24.7 Å². The van der Waals surface area contributed by atoms with E-state index in [1.165, 1.54) is 21.9 Å². The smallest absolute Gasteiger partial charge is 0.227 e. The Morgan fingerprint density at radius 2 is 1.86 bits per heavy atom. The van der Waals surface area contributed by atoms with Crippen molar-refractivity contribution < 1.29 is 4.79 Å². The molecule has 0 aliphatic carbocycles. The van der Waals surface area contributed by atoms with Crippen molar-refractivity contribution in [1.29, 1.82) is 0 Å². The minimum absolute atomic E-state index is 0.0216. The lowest BCUT2D eigenvalue weighted by atomic mass is 9.85. The second-order valence-electron chi connectivity index (χ2n) is 8.49. The summed E-state index contributed by atoms with van der Waals surface area (Å²) >= 11 is 0. The number of amides is 1. The van der Waals surface area contributed by atoms with Crippen LogP contribution in [0.4, 0.5) is 0 Å². The molecule has 3 aromatic rings. The number of hydrogen-bond donors (Lipinski definition) is 1. The normalized spacial score (nSPS) is 23.0. The number of aromatic nitrogens is 2. The first kappa shape index (κ1) is 18.4. The Morgan fingerprint density at radius 3 is 2.66 bits per heavy atom. The third-order valence-electron chi connectivity index (χ3n) is 6.75. The van der Waals surface area contributed by atoms with Gasteiger partial charge in [-0.3, -0.25) is 9.48 Å². The summed E-state index contributed by atoms with van der Waals surface area (Å²) in [6, 6.07) is 15.2. The lowest BCUT2D eigenvalue weighted by molar-refractivity contribution is -0.136. The van der Waals surface area contributed by atoms with E-state index in [2.05, 4.69) is 57.8 Å². The summed E-state index contributed by atoms with van der Waals surface area (Å²) in [6.45, 7) is 3.32. The van der Waals surface area contributed by atoms with Crippen molar-refractivity contribution in [2.75, 3.05) is 26.2 Å². The van der Waals surface area contributed by atoms with E-state index in [1.807, 2.05) is 24.1 Å². The Kier molecular flexibility index (Phi) is 4.84. The molecule has 0 spiro atoms. The van der Waals surface area contributed by atoms with Crippen molar-refractivity contribution in [2.24, 2.45) is 13.0 Å². The van der Waals surface area contributed by atoms with Gasteiger partial charge in [0.05, 0.1) is 12.1 Å². The number of likely N-dealkylation sites (tertiary alicyclic amines) is 1. The Balaban J connectivity index is 1.28. The van der Waals surface area contributed by atoms with Crippen LogP contribution in [0.5, 0.6) is 0 Å². The van der Waals surface area contributed by atoms with Gasteiger partial charge in [-0.05, 0) is 40.7 Å². The number of carbonyl (C=O) groups excluding carboxylic acids is 1. The summed E-state index contributed by atoms with van der Waals surface area (Å²) in [4.78, 5) is 15.4. The average molecular weight is 389 g/mol. The van der Waals surface area contributed by atoms with Gasteiger partial charge < -0.3 is 10.2 Å². The number of carbonyl (C=O) groups is 1. The van der Waals surface area contributed by atoms with Crippen LogP contribution in [-0.2, 0) is 11.8 Å². The van der Waals surface area contributed by atoms with E-state index in [1.54, 1.807) is 0 Å². The molecule has 2 atom stereocenters. The summed E-state index contributed by atoms with van der Waals surface area (Å²) in [7, 11) is 1.93. The molecule has 0 bridgehead atoms. The highest BCUT2D eigenvalue weighted by Gasteiger charge is 2.38. The molecule has 5 nitrogen and oxygen atoms in total. The van der Waals surface area contributed by atoms with E-state index in [4.69, 9.17) is 0 Å². The van der Waals surface area contributed by atoms with Crippen LogP contribution in [0.3, 0.4) is 0 Å². The van der Waals surface area contributed by atoms with E-state index < -0.39 is 0 Å². The van der Waals surface area contributed by atoms with Crippen molar-refractivity contribution in [3.05, 3.63) is 66.0 Å². The zero-order valence-electron chi connectivity index (χ0n) is 16.9. The summed E-state index contributed by atoms with van der Waals surface area (Å²) in [6.07, 6.45) is 6.03. The molecule has 1 aromatic heterocycles. The van der Waals surface area contributed by atoms with E-state index in [0.29, 0.717) is 11.8 Å². The van der Waals surface area contributed by atoms with Crippen molar-refractivity contribution in [1.82, 2.24) is 20.0 Å². The summed E-state index contributed by atoms with van der Waals surface area (Å²) in [5.41, 5.74) is 2.60. The van der Waals surface area contributed by atoms with Gasteiger partial charge in [0.25, 0.3) is 0 Å². The van der Waals surface area contributed by atoms with Gasteiger partial charge in [0.15, 0.2) is 0 Å². The lowest BCUT2D eigenvalue weighted by Crippen LogP contribution is -2.43. The molecule has 2 aliphatic heterocycles. The van der Waals surface area contributed by atoms with E-state index in [0.717, 1.165) is 39.0 Å². The zero-order chi connectivity index (χ0) is 19.8. The molecule has 5 heteroatoms. The Bertz CT molecular complexity index is 1010. The SMILES string of the molecule is Cn1cc([C@H]2CNC[C@@H]2C(=O)N2CCC(c3cccc4ccccc34)CC2)cn1. The number of piperidine rings is 1. The van der Waals surface area contributed by atoms with Crippen molar-refractivity contribution in [3.8, 4) is 0 Å². The fourth-order valence-corrected chi connectivity index (χ4v) is 5.17. The van der Waals surface area contributed by atoms with Crippen LogP contribution in [-0.4, -0.2) is 46.8 Å². The third-order valence-corrected chi connectivity index (χ3v) is 6.75. The van der Waals surface area contributed by atoms with Crippen LogP contribution in [0.15, 0.2) is 54.9 Å².